The molecule has 91 heavy (non-hydrogen) atoms. The smallest absolute Gasteiger partial charge is 0.220 e. The number of unbranched alkanes of at least 4 members (excludes halogenated alkanes) is 10. The van der Waals surface area contributed by atoms with E-state index < -0.39 is 124 Å². The number of ether oxygens (including phenoxy) is 6. The summed E-state index contributed by atoms with van der Waals surface area (Å²) in [5.74, 6) is -0.320. The molecule has 3 aliphatic rings. The monoisotopic (exact) mass is 1280 g/mol. The van der Waals surface area contributed by atoms with Crippen LogP contribution in [0, 0.1) is 0 Å². The van der Waals surface area contributed by atoms with E-state index in [9.17, 15) is 61.0 Å². The minimum absolute atomic E-state index is 0.195. The van der Waals surface area contributed by atoms with Crippen molar-refractivity contribution < 1.29 is 89.4 Å². The first kappa shape index (κ1) is 80.9. The second kappa shape index (κ2) is 52.0. The third-order valence-corrected chi connectivity index (χ3v) is 15.6. The summed E-state index contributed by atoms with van der Waals surface area (Å²) < 4.78 is 34.2. The molecule has 12 N–H and O–H groups in total. The van der Waals surface area contributed by atoms with E-state index in [4.69, 9.17) is 28.4 Å². The highest BCUT2D eigenvalue weighted by Gasteiger charge is 2.53. The van der Waals surface area contributed by atoms with Crippen molar-refractivity contribution >= 4 is 5.91 Å². The van der Waals surface area contributed by atoms with Gasteiger partial charge in [0.1, 0.15) is 73.2 Å². The molecule has 0 aromatic rings. The number of carbonyl (C=O) groups excluding carboxylic acids is 1. The van der Waals surface area contributed by atoms with Crippen molar-refractivity contribution in [1.29, 1.82) is 0 Å². The number of rotatable bonds is 48. The molecule has 0 saturated carbocycles. The number of hydrogen-bond acceptors (Lipinski definition) is 18. The number of nitrogens with one attached hydrogen (secondary N) is 1. The van der Waals surface area contributed by atoms with Gasteiger partial charge in [0.15, 0.2) is 18.9 Å². The van der Waals surface area contributed by atoms with E-state index in [2.05, 4.69) is 153 Å². The van der Waals surface area contributed by atoms with Crippen LogP contribution in [-0.4, -0.2) is 193 Å². The van der Waals surface area contributed by atoms with Crippen LogP contribution in [0.3, 0.4) is 0 Å². The lowest BCUT2D eigenvalue weighted by atomic mass is 9.96. The third kappa shape index (κ3) is 34.1. The zero-order chi connectivity index (χ0) is 66.1. The van der Waals surface area contributed by atoms with Crippen LogP contribution in [-0.2, 0) is 33.2 Å². The highest BCUT2D eigenvalue weighted by atomic mass is 16.8. The molecule has 3 fully saturated rings. The predicted octanol–water partition coefficient (Wildman–Crippen LogP) is 8.37. The molecule has 3 aliphatic heterocycles. The summed E-state index contributed by atoms with van der Waals surface area (Å²) in [4.78, 5) is 13.3. The fourth-order valence-electron chi connectivity index (χ4n) is 10.2. The summed E-state index contributed by atoms with van der Waals surface area (Å²) in [7, 11) is 0. The van der Waals surface area contributed by atoms with Gasteiger partial charge in [-0.2, -0.15) is 0 Å². The topological polar surface area (TPSA) is 307 Å². The number of hydrogen-bond donors (Lipinski definition) is 12. The molecule has 19 nitrogen and oxygen atoms in total. The number of allylic oxidation sites excluding steroid dienone is 23. The van der Waals surface area contributed by atoms with Gasteiger partial charge in [-0.15, -0.1) is 0 Å². The maximum atomic E-state index is 13.3. The van der Waals surface area contributed by atoms with Gasteiger partial charge in [0, 0.05) is 6.42 Å². The van der Waals surface area contributed by atoms with E-state index in [-0.39, 0.29) is 18.9 Å². The Balaban J connectivity index is 1.39. The van der Waals surface area contributed by atoms with E-state index in [1.165, 1.54) is 25.7 Å². The standard InChI is InChI=1S/C72H115NO18/c1-3-5-7-9-11-13-15-16-17-18-19-20-21-22-23-24-25-26-27-28-29-30-31-32-33-34-35-36-37-38-40-42-44-46-48-50-60(78)73-55(56(77)49-47-45-43-41-39-14-12-10-8-6-4-2)54-86-70-66(84)63(81)68(58(52-75)88-70)91-72-67(85)64(82)69(59(53-76)89-72)90-71-65(83)62(80)61(79)57(51-74)87-71/h5,7,11,13,16-17,19-20,22-23,25-26,28-29,31-32,34-35,37-39,41,47,49,55-59,61-72,74-77,79-85H,3-4,6,8-10,12,14-15,18,21,24,27,30,33,36,40,42-46,48,50-54H2,1-2H3,(H,73,78)/b7-5-,13-11-,17-16-,20-19-,23-22-,26-25-,29-28-,32-31-,35-34-,38-37-,41-39+,49-47+. The summed E-state index contributed by atoms with van der Waals surface area (Å²) in [6, 6.07) is -1.01. The molecular weight excluding hydrogens is 1170 g/mol. The normalized spacial score (nSPS) is 28.8. The molecule has 1 amide bonds. The van der Waals surface area contributed by atoms with Crippen LogP contribution in [0.15, 0.2) is 146 Å². The minimum atomic E-state index is -1.99. The fourth-order valence-corrected chi connectivity index (χ4v) is 10.2. The SMILES string of the molecule is CC/C=C\C/C=C\C/C=C\C/C=C\C/C=C\C/C=C\C/C=C\C/C=C\C/C=C\C/C=C\CCCCCCC(=O)NC(COC1OC(CO)C(OC2OC(CO)C(OC3OC(CO)C(O)C(O)C3O)C(O)C2O)C(O)C1O)C(O)/C=C/CC/C=C/CCCCCCC. The van der Waals surface area contributed by atoms with Gasteiger partial charge < -0.3 is 89.9 Å². The first-order valence-corrected chi connectivity index (χ1v) is 33.6. The van der Waals surface area contributed by atoms with Crippen molar-refractivity contribution in [2.24, 2.45) is 0 Å². The molecule has 516 valence electrons. The van der Waals surface area contributed by atoms with Crippen molar-refractivity contribution in [3.8, 4) is 0 Å². The van der Waals surface area contributed by atoms with Crippen LogP contribution < -0.4 is 5.32 Å². The largest absolute Gasteiger partial charge is 0.394 e. The Kier molecular flexibility index (Phi) is 46.2. The highest BCUT2D eigenvalue weighted by molar-refractivity contribution is 5.76. The summed E-state index contributed by atoms with van der Waals surface area (Å²) in [6.45, 7) is 1.50. The van der Waals surface area contributed by atoms with Gasteiger partial charge in [-0.1, -0.05) is 198 Å². The Bertz CT molecular complexity index is 2220. The fraction of sp³-hybridized carbons (Fsp3) is 0.653. The Hall–Kier alpha value is -4.33. The summed E-state index contributed by atoms with van der Waals surface area (Å²) in [5.41, 5.74) is 0. The van der Waals surface area contributed by atoms with Gasteiger partial charge in [0.05, 0.1) is 38.6 Å². The first-order valence-electron chi connectivity index (χ1n) is 33.6. The van der Waals surface area contributed by atoms with Crippen LogP contribution in [0.2, 0.25) is 0 Å². The van der Waals surface area contributed by atoms with Crippen LogP contribution in [0.5, 0.6) is 0 Å². The number of amides is 1. The molecule has 3 heterocycles. The second-order valence-electron chi connectivity index (χ2n) is 23.2. The Morgan fingerprint density at radius 2 is 0.769 bits per heavy atom. The van der Waals surface area contributed by atoms with Crippen LogP contribution in [0.1, 0.15) is 168 Å². The Morgan fingerprint density at radius 3 is 1.22 bits per heavy atom. The summed E-state index contributed by atoms with van der Waals surface area (Å²) >= 11 is 0. The molecule has 0 aliphatic carbocycles. The number of carbonyl (C=O) groups is 1. The van der Waals surface area contributed by atoms with E-state index in [1.807, 2.05) is 6.08 Å². The Labute approximate surface area is 542 Å². The molecule has 19 heteroatoms. The van der Waals surface area contributed by atoms with E-state index in [0.717, 1.165) is 109 Å². The molecule has 17 unspecified atom stereocenters. The van der Waals surface area contributed by atoms with Gasteiger partial charge in [0.2, 0.25) is 5.91 Å². The first-order chi connectivity index (χ1) is 44.3. The van der Waals surface area contributed by atoms with Crippen LogP contribution in [0.4, 0.5) is 0 Å². The third-order valence-electron chi connectivity index (χ3n) is 15.6. The van der Waals surface area contributed by atoms with Gasteiger partial charge in [-0.05, 0) is 109 Å². The minimum Gasteiger partial charge on any atom is -0.394 e. The van der Waals surface area contributed by atoms with E-state index in [0.29, 0.717) is 12.8 Å². The summed E-state index contributed by atoms with van der Waals surface area (Å²) in [5, 5.41) is 120. The van der Waals surface area contributed by atoms with Crippen molar-refractivity contribution in [2.45, 2.75) is 272 Å². The molecule has 0 spiro atoms. The van der Waals surface area contributed by atoms with Gasteiger partial charge >= 0.3 is 0 Å². The maximum Gasteiger partial charge on any atom is 0.220 e. The lowest BCUT2D eigenvalue weighted by molar-refractivity contribution is -0.379. The molecule has 0 radical (unpaired) electrons. The van der Waals surface area contributed by atoms with Gasteiger partial charge in [0.25, 0.3) is 0 Å². The average Bonchev–Trinajstić information content (AvgIpc) is 1.05. The van der Waals surface area contributed by atoms with Crippen LogP contribution >= 0.6 is 0 Å². The second-order valence-corrected chi connectivity index (χ2v) is 23.2. The number of aliphatic hydroxyl groups excluding tert-OH is 11. The lowest BCUT2D eigenvalue weighted by Crippen LogP contribution is -2.66. The lowest BCUT2D eigenvalue weighted by Gasteiger charge is -2.48. The van der Waals surface area contributed by atoms with Crippen LogP contribution in [0.25, 0.3) is 0 Å². The zero-order valence-electron chi connectivity index (χ0n) is 54.2. The molecule has 0 aromatic carbocycles. The Morgan fingerprint density at radius 1 is 0.407 bits per heavy atom. The molecule has 0 aromatic heterocycles. The molecule has 3 saturated heterocycles. The van der Waals surface area contributed by atoms with E-state index in [1.54, 1.807) is 6.08 Å². The molecule has 0 bridgehead atoms. The molecule has 3 rings (SSSR count). The molecular formula is C72H115NO18. The number of aliphatic hydroxyl groups is 11. The molecule has 17 atom stereocenters. The van der Waals surface area contributed by atoms with Gasteiger partial charge in [-0.25, -0.2) is 0 Å². The van der Waals surface area contributed by atoms with Crippen molar-refractivity contribution in [1.82, 2.24) is 5.32 Å². The highest BCUT2D eigenvalue weighted by Crippen LogP contribution is 2.33. The zero-order valence-corrected chi connectivity index (χ0v) is 54.2. The van der Waals surface area contributed by atoms with E-state index >= 15 is 0 Å². The maximum absolute atomic E-state index is 13.3. The summed E-state index contributed by atoms with van der Waals surface area (Å²) in [6.07, 6.45) is 47.0. The predicted molar refractivity (Wildman–Crippen MR) is 355 cm³/mol. The quantitative estimate of drug-likeness (QED) is 0.0201. The average molecular weight is 1280 g/mol. The van der Waals surface area contributed by atoms with Crippen molar-refractivity contribution in [2.75, 3.05) is 26.4 Å². The van der Waals surface area contributed by atoms with Gasteiger partial charge in [-0.3, -0.25) is 4.79 Å². The van der Waals surface area contributed by atoms with Crippen molar-refractivity contribution in [3.63, 3.8) is 0 Å². The van der Waals surface area contributed by atoms with Crippen molar-refractivity contribution in [3.05, 3.63) is 146 Å².